The quantitative estimate of drug-likeness (QED) is 0.795. The Labute approximate surface area is 128 Å². The van der Waals surface area contributed by atoms with E-state index >= 15 is 0 Å². The second kappa shape index (κ2) is 5.77. The number of hydrogen-bond donors (Lipinski definition) is 2. The third kappa shape index (κ3) is 3.59. The molecule has 2 rings (SSSR count). The lowest BCUT2D eigenvalue weighted by atomic mass is 10.2. The normalized spacial score (nSPS) is 10.3. The third-order valence-corrected chi connectivity index (χ3v) is 3.66. The van der Waals surface area contributed by atoms with E-state index in [0.29, 0.717) is 20.7 Å². The van der Waals surface area contributed by atoms with Crippen LogP contribution in [0.15, 0.2) is 34.8 Å². The van der Waals surface area contributed by atoms with E-state index in [1.165, 1.54) is 12.1 Å². The van der Waals surface area contributed by atoms with Crippen molar-refractivity contribution in [2.75, 3.05) is 11.1 Å². The van der Waals surface area contributed by atoms with E-state index in [1.807, 2.05) is 0 Å². The van der Waals surface area contributed by atoms with Crippen LogP contribution in [0.5, 0.6) is 0 Å². The van der Waals surface area contributed by atoms with E-state index in [9.17, 15) is 4.79 Å². The predicted octanol–water partition coefficient (Wildman–Crippen LogP) is 3.99. The second-order valence-corrected chi connectivity index (χ2v) is 5.34. The summed E-state index contributed by atoms with van der Waals surface area (Å²) >= 11 is 14.9. The van der Waals surface area contributed by atoms with Crippen LogP contribution in [0.3, 0.4) is 0 Å². The molecule has 0 aliphatic carbocycles. The topological polar surface area (TPSA) is 68.0 Å². The lowest BCUT2D eigenvalue weighted by Gasteiger charge is -2.07. The molecular formula is C12H8BrCl2N3O. The van der Waals surface area contributed by atoms with Crippen molar-refractivity contribution in [3.63, 3.8) is 0 Å². The number of nitrogens with zero attached hydrogens (tertiary/aromatic N) is 1. The van der Waals surface area contributed by atoms with Crippen molar-refractivity contribution in [1.82, 2.24) is 4.98 Å². The van der Waals surface area contributed by atoms with Gasteiger partial charge in [-0.15, -0.1) is 0 Å². The molecule has 19 heavy (non-hydrogen) atoms. The molecule has 7 heteroatoms. The molecule has 2 aromatic rings. The zero-order chi connectivity index (χ0) is 14.0. The van der Waals surface area contributed by atoms with E-state index < -0.39 is 0 Å². The van der Waals surface area contributed by atoms with E-state index in [-0.39, 0.29) is 16.9 Å². The first-order valence-corrected chi connectivity index (χ1v) is 6.70. The molecule has 0 saturated carbocycles. The zero-order valence-corrected chi connectivity index (χ0v) is 12.6. The van der Waals surface area contributed by atoms with Crippen molar-refractivity contribution in [2.24, 2.45) is 0 Å². The zero-order valence-electron chi connectivity index (χ0n) is 9.45. The number of carbonyl (C=O) groups is 1. The number of halogens is 3. The minimum absolute atomic E-state index is 0.169. The number of amides is 1. The number of rotatable bonds is 2. The van der Waals surface area contributed by atoms with Gasteiger partial charge >= 0.3 is 0 Å². The maximum atomic E-state index is 12.0. The summed E-state index contributed by atoms with van der Waals surface area (Å²) in [5.74, 6) is -0.139. The highest BCUT2D eigenvalue weighted by Gasteiger charge is 2.09. The molecule has 0 unspecified atom stereocenters. The maximum absolute atomic E-state index is 12.0. The van der Waals surface area contributed by atoms with E-state index in [2.05, 4.69) is 26.2 Å². The van der Waals surface area contributed by atoms with E-state index in [1.54, 1.807) is 18.2 Å². The fourth-order valence-corrected chi connectivity index (χ4v) is 2.14. The Balaban J connectivity index is 2.22. The van der Waals surface area contributed by atoms with E-state index in [4.69, 9.17) is 28.9 Å². The largest absolute Gasteiger partial charge is 0.384 e. The Morgan fingerprint density at radius 3 is 2.63 bits per heavy atom. The minimum Gasteiger partial charge on any atom is -0.384 e. The molecule has 0 saturated heterocycles. The molecule has 1 aromatic carbocycles. The number of nitrogens with one attached hydrogen (secondary N) is 1. The van der Waals surface area contributed by atoms with Crippen LogP contribution < -0.4 is 11.1 Å². The van der Waals surface area contributed by atoms with Gasteiger partial charge in [-0.3, -0.25) is 4.79 Å². The molecule has 3 N–H and O–H groups in total. The average molecular weight is 361 g/mol. The number of nitrogens with two attached hydrogens (primary N) is 1. The summed E-state index contributed by atoms with van der Waals surface area (Å²) in [6.07, 6.45) is 0. The molecule has 4 nitrogen and oxygen atoms in total. The highest BCUT2D eigenvalue weighted by molar-refractivity contribution is 9.10. The minimum atomic E-state index is -0.328. The number of pyridine rings is 1. The summed E-state index contributed by atoms with van der Waals surface area (Å²) in [5, 5.41) is 3.44. The molecule has 0 fully saturated rings. The van der Waals surface area contributed by atoms with Crippen molar-refractivity contribution in [1.29, 1.82) is 0 Å². The Morgan fingerprint density at radius 2 is 2.00 bits per heavy atom. The Kier molecular flexibility index (Phi) is 4.29. The Morgan fingerprint density at radius 1 is 1.26 bits per heavy atom. The molecule has 0 aliphatic heterocycles. The standard InChI is InChI=1S/C12H8BrCl2N3O/c13-8-5-7(1-2-9(8)14)17-12(19)6-3-10(15)18-11(16)4-6/h1-5H,(H2,16,18)(H,17,19). The van der Waals surface area contributed by atoms with Crippen LogP contribution in [-0.4, -0.2) is 10.9 Å². The number of anilines is 2. The van der Waals surface area contributed by atoms with Gasteiger partial charge in [0.25, 0.3) is 5.91 Å². The molecule has 1 heterocycles. The summed E-state index contributed by atoms with van der Waals surface area (Å²) < 4.78 is 0.694. The van der Waals surface area contributed by atoms with Gasteiger partial charge in [-0.1, -0.05) is 23.2 Å². The first kappa shape index (κ1) is 14.1. The van der Waals surface area contributed by atoms with Gasteiger partial charge in [0.1, 0.15) is 11.0 Å². The van der Waals surface area contributed by atoms with Crippen molar-refractivity contribution in [2.45, 2.75) is 0 Å². The molecule has 1 aromatic heterocycles. The fourth-order valence-electron chi connectivity index (χ4n) is 1.43. The van der Waals surface area contributed by atoms with Gasteiger partial charge in [-0.25, -0.2) is 4.98 Å². The molecule has 1 amide bonds. The van der Waals surface area contributed by atoms with Crippen LogP contribution in [0.1, 0.15) is 10.4 Å². The lowest BCUT2D eigenvalue weighted by molar-refractivity contribution is 0.102. The van der Waals surface area contributed by atoms with Crippen LogP contribution in [0.2, 0.25) is 10.2 Å². The summed E-state index contributed by atoms with van der Waals surface area (Å²) in [4.78, 5) is 15.8. The lowest BCUT2D eigenvalue weighted by Crippen LogP contribution is -2.12. The summed E-state index contributed by atoms with van der Waals surface area (Å²) in [7, 11) is 0. The summed E-state index contributed by atoms with van der Waals surface area (Å²) in [6, 6.07) is 7.96. The van der Waals surface area contributed by atoms with Crippen LogP contribution >= 0.6 is 39.1 Å². The number of benzene rings is 1. The molecule has 0 atom stereocenters. The van der Waals surface area contributed by atoms with Gasteiger partial charge in [0.2, 0.25) is 0 Å². The van der Waals surface area contributed by atoms with Gasteiger partial charge in [-0.05, 0) is 46.3 Å². The highest BCUT2D eigenvalue weighted by Crippen LogP contribution is 2.26. The molecule has 0 radical (unpaired) electrons. The molecule has 98 valence electrons. The molecular weight excluding hydrogens is 353 g/mol. The molecule has 0 spiro atoms. The van der Waals surface area contributed by atoms with Crippen molar-refractivity contribution >= 4 is 56.5 Å². The number of aromatic nitrogens is 1. The Hall–Kier alpha value is -1.30. The van der Waals surface area contributed by atoms with Crippen LogP contribution in [0.25, 0.3) is 0 Å². The fraction of sp³-hybridized carbons (Fsp3) is 0. The first-order chi connectivity index (χ1) is 8.95. The smallest absolute Gasteiger partial charge is 0.255 e. The Bertz CT molecular complexity index is 629. The molecule has 0 bridgehead atoms. The van der Waals surface area contributed by atoms with Gasteiger partial charge in [0.15, 0.2) is 0 Å². The summed E-state index contributed by atoms with van der Waals surface area (Å²) in [5.41, 5.74) is 6.48. The van der Waals surface area contributed by atoms with Crippen LogP contribution in [0, 0.1) is 0 Å². The maximum Gasteiger partial charge on any atom is 0.255 e. The van der Waals surface area contributed by atoms with Gasteiger partial charge < -0.3 is 11.1 Å². The SMILES string of the molecule is Nc1cc(C(=O)Nc2ccc(Cl)c(Br)c2)cc(Cl)n1. The average Bonchev–Trinajstić information content (AvgIpc) is 2.32. The van der Waals surface area contributed by atoms with Gasteiger partial charge in [-0.2, -0.15) is 0 Å². The first-order valence-electron chi connectivity index (χ1n) is 5.15. The summed E-state index contributed by atoms with van der Waals surface area (Å²) in [6.45, 7) is 0. The van der Waals surface area contributed by atoms with Crippen LogP contribution in [0.4, 0.5) is 11.5 Å². The van der Waals surface area contributed by atoms with Crippen LogP contribution in [-0.2, 0) is 0 Å². The van der Waals surface area contributed by atoms with Gasteiger partial charge in [0, 0.05) is 15.7 Å². The third-order valence-electron chi connectivity index (χ3n) is 2.25. The number of nitrogen functional groups attached to an aromatic ring is 1. The van der Waals surface area contributed by atoms with Gasteiger partial charge in [0.05, 0.1) is 5.02 Å². The van der Waals surface area contributed by atoms with Crippen molar-refractivity contribution < 1.29 is 4.79 Å². The highest BCUT2D eigenvalue weighted by atomic mass is 79.9. The van der Waals surface area contributed by atoms with Crippen molar-refractivity contribution in [3.8, 4) is 0 Å². The number of hydrogen-bond acceptors (Lipinski definition) is 3. The second-order valence-electron chi connectivity index (χ2n) is 3.69. The predicted molar refractivity (Wildman–Crippen MR) is 80.8 cm³/mol. The van der Waals surface area contributed by atoms with E-state index in [0.717, 1.165) is 0 Å². The molecule has 0 aliphatic rings. The van der Waals surface area contributed by atoms with Crippen molar-refractivity contribution in [3.05, 3.63) is 50.5 Å². The monoisotopic (exact) mass is 359 g/mol. The number of carbonyl (C=O) groups excluding carboxylic acids is 1.